The highest BCUT2D eigenvalue weighted by Gasteiger charge is 2.52. The minimum Gasteiger partial charge on any atom is -0.399 e. The highest BCUT2D eigenvalue weighted by atomic mass is 19.4. The average Bonchev–Trinajstić information content (AvgIpc) is 2.56. The molecule has 0 unspecified atom stereocenters. The van der Waals surface area contributed by atoms with E-state index in [4.69, 9.17) is 14.6 Å². The Labute approximate surface area is 121 Å². The number of hydrogen-bond acceptors (Lipinski definition) is 3. The molecule has 2 rings (SSSR count). The zero-order chi connectivity index (χ0) is 16.1. The Bertz CT molecular complexity index is 589. The van der Waals surface area contributed by atoms with E-state index in [1.54, 1.807) is 6.07 Å². The SMILES string of the molecule is CC1(C)OB(c2ccc(C(F)(F)F)c(C#N)c2)OC1(C)C. The molecule has 0 atom stereocenters. The van der Waals surface area contributed by atoms with E-state index in [-0.39, 0.29) is 0 Å². The molecule has 21 heavy (non-hydrogen) atoms. The first-order chi connectivity index (χ1) is 9.48. The predicted octanol–water partition coefficient (Wildman–Crippen LogP) is 2.88. The molecule has 1 heterocycles. The van der Waals surface area contributed by atoms with Crippen molar-refractivity contribution in [2.75, 3.05) is 0 Å². The Kier molecular flexibility index (Phi) is 3.59. The molecule has 1 fully saturated rings. The lowest BCUT2D eigenvalue weighted by atomic mass is 9.78. The van der Waals surface area contributed by atoms with Crippen LogP contribution < -0.4 is 5.46 Å². The van der Waals surface area contributed by atoms with Gasteiger partial charge in [0, 0.05) is 0 Å². The van der Waals surface area contributed by atoms with Gasteiger partial charge >= 0.3 is 13.3 Å². The van der Waals surface area contributed by atoms with Gasteiger partial charge in [-0.1, -0.05) is 6.07 Å². The smallest absolute Gasteiger partial charge is 0.399 e. The third kappa shape index (κ3) is 2.78. The van der Waals surface area contributed by atoms with Crippen LogP contribution in [0, 0.1) is 11.3 Å². The van der Waals surface area contributed by atoms with Crippen LogP contribution >= 0.6 is 0 Å². The van der Waals surface area contributed by atoms with E-state index in [0.29, 0.717) is 5.46 Å². The van der Waals surface area contributed by atoms with Crippen molar-refractivity contribution < 1.29 is 22.5 Å². The first kappa shape index (κ1) is 15.9. The number of benzene rings is 1. The number of rotatable bonds is 1. The van der Waals surface area contributed by atoms with E-state index >= 15 is 0 Å². The maximum absolute atomic E-state index is 12.8. The fourth-order valence-corrected chi connectivity index (χ4v) is 2.03. The summed E-state index contributed by atoms with van der Waals surface area (Å²) >= 11 is 0. The number of alkyl halides is 3. The molecule has 0 aliphatic carbocycles. The highest BCUT2D eigenvalue weighted by Crippen LogP contribution is 2.37. The van der Waals surface area contributed by atoms with Crippen LogP contribution in [0.1, 0.15) is 38.8 Å². The van der Waals surface area contributed by atoms with Gasteiger partial charge in [-0.2, -0.15) is 18.4 Å². The monoisotopic (exact) mass is 297 g/mol. The van der Waals surface area contributed by atoms with E-state index in [1.165, 1.54) is 12.1 Å². The summed E-state index contributed by atoms with van der Waals surface area (Å²) in [6.45, 7) is 7.40. The first-order valence-corrected chi connectivity index (χ1v) is 6.45. The minimum atomic E-state index is -4.56. The second kappa shape index (κ2) is 4.75. The molecule has 112 valence electrons. The highest BCUT2D eigenvalue weighted by molar-refractivity contribution is 6.62. The molecule has 0 spiro atoms. The summed E-state index contributed by atoms with van der Waals surface area (Å²) in [5.74, 6) is 0. The molecule has 1 aliphatic heterocycles. The van der Waals surface area contributed by atoms with Gasteiger partial charge in [-0.05, 0) is 45.3 Å². The maximum atomic E-state index is 12.8. The van der Waals surface area contributed by atoms with E-state index in [9.17, 15) is 13.2 Å². The van der Waals surface area contributed by atoms with Crippen molar-refractivity contribution in [3.63, 3.8) is 0 Å². The summed E-state index contributed by atoms with van der Waals surface area (Å²) in [6, 6.07) is 4.92. The maximum Gasteiger partial charge on any atom is 0.494 e. The van der Waals surface area contributed by atoms with Crippen molar-refractivity contribution >= 4 is 12.6 Å². The molecule has 1 aromatic rings. The third-order valence-electron chi connectivity index (χ3n) is 3.99. The lowest BCUT2D eigenvalue weighted by Crippen LogP contribution is -2.41. The fraction of sp³-hybridized carbons (Fsp3) is 0.500. The zero-order valence-electron chi connectivity index (χ0n) is 12.2. The van der Waals surface area contributed by atoms with Gasteiger partial charge in [0.15, 0.2) is 0 Å². The Balaban J connectivity index is 2.39. The number of nitriles is 1. The van der Waals surface area contributed by atoms with Gasteiger partial charge in [-0.25, -0.2) is 0 Å². The molecule has 3 nitrogen and oxygen atoms in total. The molecule has 0 saturated carbocycles. The molecule has 1 saturated heterocycles. The molecule has 0 N–H and O–H groups in total. The lowest BCUT2D eigenvalue weighted by Gasteiger charge is -2.32. The van der Waals surface area contributed by atoms with Gasteiger partial charge < -0.3 is 9.31 Å². The molecule has 0 amide bonds. The van der Waals surface area contributed by atoms with Gasteiger partial charge in [0.25, 0.3) is 0 Å². The Morgan fingerprint density at radius 1 is 1.10 bits per heavy atom. The van der Waals surface area contributed by atoms with E-state index in [0.717, 1.165) is 6.07 Å². The Morgan fingerprint density at radius 2 is 1.62 bits per heavy atom. The van der Waals surface area contributed by atoms with Crippen molar-refractivity contribution in [2.24, 2.45) is 0 Å². The van der Waals surface area contributed by atoms with Crippen molar-refractivity contribution in [1.29, 1.82) is 5.26 Å². The molecule has 1 aromatic carbocycles. The van der Waals surface area contributed by atoms with Crippen molar-refractivity contribution in [3.8, 4) is 6.07 Å². The molecular formula is C14H15BF3NO2. The topological polar surface area (TPSA) is 42.2 Å². The van der Waals surface area contributed by atoms with Crippen LogP contribution in [-0.4, -0.2) is 18.3 Å². The van der Waals surface area contributed by atoms with Crippen molar-refractivity contribution in [3.05, 3.63) is 29.3 Å². The second-order valence-electron chi connectivity index (χ2n) is 6.00. The Hall–Kier alpha value is -1.52. The number of halogens is 3. The standard InChI is InChI=1S/C14H15BF3NO2/c1-12(2)13(3,4)21-15(20-12)10-5-6-11(14(16,17)18)9(7-10)8-19/h5-7H,1-4H3. The second-order valence-corrected chi connectivity index (χ2v) is 6.00. The van der Waals surface area contributed by atoms with Crippen LogP contribution in [0.25, 0.3) is 0 Å². The summed E-state index contributed by atoms with van der Waals surface area (Å²) in [7, 11) is -0.788. The van der Waals surface area contributed by atoms with Gasteiger partial charge in [0.2, 0.25) is 0 Å². The van der Waals surface area contributed by atoms with E-state index < -0.39 is 35.6 Å². The average molecular weight is 297 g/mol. The van der Waals surface area contributed by atoms with Crippen molar-refractivity contribution in [1.82, 2.24) is 0 Å². The summed E-state index contributed by atoms with van der Waals surface area (Å²) < 4.78 is 49.9. The molecular weight excluding hydrogens is 282 g/mol. The largest absolute Gasteiger partial charge is 0.494 e. The van der Waals surface area contributed by atoms with Gasteiger partial charge in [-0.15, -0.1) is 0 Å². The van der Waals surface area contributed by atoms with Crippen LogP contribution in [0.2, 0.25) is 0 Å². The summed E-state index contributed by atoms with van der Waals surface area (Å²) in [4.78, 5) is 0. The molecule has 0 radical (unpaired) electrons. The number of hydrogen-bond donors (Lipinski definition) is 0. The lowest BCUT2D eigenvalue weighted by molar-refractivity contribution is -0.137. The van der Waals surface area contributed by atoms with Gasteiger partial charge in [-0.3, -0.25) is 0 Å². The van der Waals surface area contributed by atoms with Crippen LogP contribution in [-0.2, 0) is 15.5 Å². The van der Waals surface area contributed by atoms with Crippen molar-refractivity contribution in [2.45, 2.75) is 45.1 Å². The fourth-order valence-electron chi connectivity index (χ4n) is 2.03. The van der Waals surface area contributed by atoms with E-state index in [1.807, 2.05) is 27.7 Å². The minimum absolute atomic E-state index is 0.401. The quantitative estimate of drug-likeness (QED) is 0.749. The molecule has 7 heteroatoms. The van der Waals surface area contributed by atoms with Crippen LogP contribution in [0.3, 0.4) is 0 Å². The van der Waals surface area contributed by atoms with Crippen LogP contribution in [0.15, 0.2) is 18.2 Å². The normalized spacial score (nSPS) is 20.4. The summed E-state index contributed by atoms with van der Waals surface area (Å²) in [5.41, 5.74) is -2.17. The molecule has 0 bridgehead atoms. The van der Waals surface area contributed by atoms with Crippen LogP contribution in [0.5, 0.6) is 0 Å². The first-order valence-electron chi connectivity index (χ1n) is 6.45. The van der Waals surface area contributed by atoms with Crippen LogP contribution in [0.4, 0.5) is 13.2 Å². The van der Waals surface area contributed by atoms with Gasteiger partial charge in [0.1, 0.15) is 0 Å². The molecule has 1 aliphatic rings. The predicted molar refractivity (Wildman–Crippen MR) is 71.9 cm³/mol. The third-order valence-corrected chi connectivity index (χ3v) is 3.99. The number of nitrogens with zero attached hydrogens (tertiary/aromatic N) is 1. The zero-order valence-corrected chi connectivity index (χ0v) is 12.2. The molecule has 0 aromatic heterocycles. The van der Waals surface area contributed by atoms with E-state index in [2.05, 4.69) is 0 Å². The Morgan fingerprint density at radius 3 is 2.05 bits per heavy atom. The van der Waals surface area contributed by atoms with Gasteiger partial charge in [0.05, 0.1) is 28.4 Å². The summed E-state index contributed by atoms with van der Waals surface area (Å²) in [5, 5.41) is 8.92. The summed E-state index contributed by atoms with van der Waals surface area (Å²) in [6.07, 6.45) is -4.56.